The maximum atomic E-state index is 4.82. The minimum Gasteiger partial charge on any atom is -0.113 e. The molecule has 0 N–H and O–H groups in total. The molecule has 2 aliphatic carbocycles. The zero-order valence-corrected chi connectivity index (χ0v) is 27.1. The molecule has 0 saturated heterocycles. The smallest absolute Gasteiger partial charge is 0.113 e. The fourth-order valence-corrected chi connectivity index (χ4v) is 9.45. The highest BCUT2D eigenvalue weighted by molar-refractivity contribution is 6.11. The normalized spacial score (nSPS) is 15.9. The molecule has 0 fully saturated rings. The summed E-state index contributed by atoms with van der Waals surface area (Å²) in [6.07, 6.45) is 0. The molecular weight excluding hydrogens is 593 g/mol. The van der Waals surface area contributed by atoms with Crippen molar-refractivity contribution in [1.82, 2.24) is 0 Å². The van der Waals surface area contributed by atoms with Crippen LogP contribution in [0.5, 0.6) is 0 Å². The van der Waals surface area contributed by atoms with Gasteiger partial charge in [0.25, 0.3) is 0 Å². The van der Waals surface area contributed by atoms with Crippen LogP contribution in [0.2, 0.25) is 0 Å². The van der Waals surface area contributed by atoms with Crippen LogP contribution in [0.15, 0.2) is 169 Å². The SMILES string of the molecule is C[N+]1=Nc2ccccc2C1c1cccc(-c2ccc3c4c(ccc3c2)-c2c(ccc3ccccc23)C42c3ccccc3-c3ccccc32)c1. The highest BCUT2D eigenvalue weighted by Crippen LogP contribution is 2.65. The number of rotatable bonds is 2. The first-order chi connectivity index (χ1) is 24.2. The molecule has 3 aliphatic rings. The lowest BCUT2D eigenvalue weighted by Crippen LogP contribution is -2.26. The summed E-state index contributed by atoms with van der Waals surface area (Å²) in [5.41, 5.74) is 16.5. The molecule has 8 aromatic carbocycles. The molecule has 1 unspecified atom stereocenters. The van der Waals surface area contributed by atoms with Gasteiger partial charge in [0, 0.05) is 5.56 Å². The Bertz CT molecular complexity index is 2700. The predicted octanol–water partition coefficient (Wildman–Crippen LogP) is 11.8. The lowest BCUT2D eigenvalue weighted by Gasteiger charge is -2.31. The molecule has 1 heterocycles. The van der Waals surface area contributed by atoms with Gasteiger partial charge in [0.2, 0.25) is 6.04 Å². The minimum atomic E-state index is -0.396. The van der Waals surface area contributed by atoms with Gasteiger partial charge >= 0.3 is 0 Å². The van der Waals surface area contributed by atoms with Crippen molar-refractivity contribution in [3.8, 4) is 33.4 Å². The van der Waals surface area contributed by atoms with E-state index in [0.29, 0.717) is 0 Å². The van der Waals surface area contributed by atoms with Crippen molar-refractivity contribution in [2.24, 2.45) is 5.11 Å². The van der Waals surface area contributed by atoms with E-state index >= 15 is 0 Å². The molecule has 8 aromatic rings. The van der Waals surface area contributed by atoms with E-state index in [1.807, 2.05) is 0 Å². The van der Waals surface area contributed by atoms with Crippen molar-refractivity contribution >= 4 is 27.2 Å². The molecule has 11 rings (SSSR count). The number of hydrogen-bond acceptors (Lipinski definition) is 1. The van der Waals surface area contributed by atoms with Crippen LogP contribution in [0.3, 0.4) is 0 Å². The average molecular weight is 624 g/mol. The van der Waals surface area contributed by atoms with E-state index < -0.39 is 5.41 Å². The van der Waals surface area contributed by atoms with Gasteiger partial charge in [-0.3, -0.25) is 0 Å². The highest BCUT2D eigenvalue weighted by Gasteiger charge is 2.52. The first-order valence-electron chi connectivity index (χ1n) is 17.1. The van der Waals surface area contributed by atoms with E-state index in [2.05, 4.69) is 176 Å². The van der Waals surface area contributed by atoms with Gasteiger partial charge < -0.3 is 0 Å². The number of nitrogens with zero attached hydrogens (tertiary/aromatic N) is 2. The van der Waals surface area contributed by atoms with Gasteiger partial charge in [-0.15, -0.1) is 4.70 Å². The van der Waals surface area contributed by atoms with Crippen molar-refractivity contribution in [2.75, 3.05) is 7.05 Å². The molecule has 2 heteroatoms. The monoisotopic (exact) mass is 623 g/mol. The number of fused-ring (bicyclic) bond motifs is 15. The van der Waals surface area contributed by atoms with E-state index in [1.165, 1.54) is 88.3 Å². The molecule has 1 spiro atoms. The highest BCUT2D eigenvalue weighted by atomic mass is 15.3. The second kappa shape index (κ2) is 9.71. The van der Waals surface area contributed by atoms with Crippen molar-refractivity contribution in [3.05, 3.63) is 197 Å². The Morgan fingerprint density at radius 3 is 2.08 bits per heavy atom. The summed E-state index contributed by atoms with van der Waals surface area (Å²) in [7, 11) is 2.07. The van der Waals surface area contributed by atoms with Gasteiger partial charge in [-0.25, -0.2) is 0 Å². The molecule has 0 bridgehead atoms. The quantitative estimate of drug-likeness (QED) is 0.170. The first-order valence-corrected chi connectivity index (χ1v) is 17.1. The van der Waals surface area contributed by atoms with Crippen molar-refractivity contribution in [3.63, 3.8) is 0 Å². The third-order valence-corrected chi connectivity index (χ3v) is 11.4. The van der Waals surface area contributed by atoms with Crippen LogP contribution in [0.4, 0.5) is 5.69 Å². The van der Waals surface area contributed by atoms with Gasteiger partial charge in [0.1, 0.15) is 5.69 Å². The molecule has 0 aromatic heterocycles. The molecule has 1 aliphatic heterocycles. The number of benzene rings is 8. The fraction of sp³-hybridized carbons (Fsp3) is 0.0638. The molecular formula is C47H31N2+. The molecule has 0 saturated carbocycles. The second-order valence-electron chi connectivity index (χ2n) is 13.7. The van der Waals surface area contributed by atoms with Crippen LogP contribution < -0.4 is 0 Å². The Balaban J connectivity index is 1.16. The third-order valence-electron chi connectivity index (χ3n) is 11.4. The van der Waals surface area contributed by atoms with Crippen LogP contribution in [0.25, 0.3) is 54.9 Å². The lowest BCUT2D eigenvalue weighted by atomic mass is 9.69. The predicted molar refractivity (Wildman–Crippen MR) is 200 cm³/mol. The first kappa shape index (κ1) is 26.9. The van der Waals surface area contributed by atoms with Crippen LogP contribution in [-0.4, -0.2) is 11.7 Å². The van der Waals surface area contributed by atoms with E-state index in [4.69, 9.17) is 5.11 Å². The largest absolute Gasteiger partial charge is 0.231 e. The molecule has 49 heavy (non-hydrogen) atoms. The third kappa shape index (κ3) is 3.45. The van der Waals surface area contributed by atoms with Gasteiger partial charge in [-0.2, -0.15) is 0 Å². The molecule has 1 atom stereocenters. The molecule has 0 amide bonds. The standard InChI is InChI=1S/C47H31N2/c1-49-46(38-17-6-9-20-43(38)48-49)33-13-10-12-30(28-33)31-21-24-35-32(27-31)22-25-39-44-34-14-3-2-11-29(34)23-26-42(44)47(45(35)39)40-18-7-4-15-36(40)37-16-5-8-19-41(37)47/h2-28,46H,1H3/q+1. The second-order valence-corrected chi connectivity index (χ2v) is 13.7. The van der Waals surface area contributed by atoms with E-state index in [1.54, 1.807) is 0 Å². The summed E-state index contributed by atoms with van der Waals surface area (Å²) in [5.74, 6) is 0. The van der Waals surface area contributed by atoms with E-state index in [0.717, 1.165) is 5.69 Å². The topological polar surface area (TPSA) is 15.4 Å². The Morgan fingerprint density at radius 2 is 1.22 bits per heavy atom. The Hall–Kier alpha value is -6.12. The number of azo groups is 2. The molecule has 2 nitrogen and oxygen atoms in total. The Morgan fingerprint density at radius 1 is 0.510 bits per heavy atom. The minimum absolute atomic E-state index is 0.107. The van der Waals surface area contributed by atoms with Crippen molar-refractivity contribution in [2.45, 2.75) is 11.5 Å². The maximum absolute atomic E-state index is 4.82. The van der Waals surface area contributed by atoms with Crippen molar-refractivity contribution in [1.29, 1.82) is 0 Å². The van der Waals surface area contributed by atoms with Gasteiger partial charge in [-0.05, 0) is 107 Å². The van der Waals surface area contributed by atoms with E-state index in [-0.39, 0.29) is 6.04 Å². The van der Waals surface area contributed by atoms with Gasteiger partial charge in [0.05, 0.1) is 11.0 Å². The van der Waals surface area contributed by atoms with Crippen molar-refractivity contribution < 1.29 is 4.70 Å². The van der Waals surface area contributed by atoms with Crippen LogP contribution in [0, 0.1) is 0 Å². The summed E-state index contributed by atoms with van der Waals surface area (Å²) in [6, 6.07) is 61.2. The van der Waals surface area contributed by atoms with Crippen LogP contribution >= 0.6 is 0 Å². The summed E-state index contributed by atoms with van der Waals surface area (Å²) in [6.45, 7) is 0. The Kier molecular flexibility index (Phi) is 5.33. The van der Waals surface area contributed by atoms with Gasteiger partial charge in [0.15, 0.2) is 7.05 Å². The summed E-state index contributed by atoms with van der Waals surface area (Å²) in [5, 5.41) is 10.00. The zero-order valence-electron chi connectivity index (χ0n) is 27.1. The summed E-state index contributed by atoms with van der Waals surface area (Å²) < 4.78 is 2.09. The summed E-state index contributed by atoms with van der Waals surface area (Å²) >= 11 is 0. The van der Waals surface area contributed by atoms with Gasteiger partial charge in [-0.1, -0.05) is 140 Å². The molecule has 228 valence electrons. The summed E-state index contributed by atoms with van der Waals surface area (Å²) in [4.78, 5) is 0. The lowest BCUT2D eigenvalue weighted by molar-refractivity contribution is -0.588. The number of hydrogen-bond donors (Lipinski definition) is 0. The maximum Gasteiger partial charge on any atom is 0.231 e. The average Bonchev–Trinajstić information content (AvgIpc) is 3.77. The van der Waals surface area contributed by atoms with Crippen LogP contribution in [-0.2, 0) is 5.41 Å². The van der Waals surface area contributed by atoms with Crippen LogP contribution in [0.1, 0.15) is 39.4 Å². The van der Waals surface area contributed by atoms with E-state index in [9.17, 15) is 0 Å². The Labute approximate surface area is 285 Å². The zero-order chi connectivity index (χ0) is 32.3. The molecule has 0 radical (unpaired) electrons. The fourth-order valence-electron chi connectivity index (χ4n) is 9.45.